The van der Waals surface area contributed by atoms with Crippen LogP contribution in [0.3, 0.4) is 0 Å². The lowest BCUT2D eigenvalue weighted by atomic mass is 10.3. The molecular weight excluding hydrogens is 340 g/mol. The van der Waals surface area contributed by atoms with Crippen molar-refractivity contribution in [3.8, 4) is 11.7 Å². The zero-order chi connectivity index (χ0) is 17.1. The van der Waals surface area contributed by atoms with E-state index in [0.717, 1.165) is 23.9 Å². The zero-order valence-corrected chi connectivity index (χ0v) is 13.1. The molecule has 3 aromatic rings. The smallest absolute Gasteiger partial charge is 0.284 e. The van der Waals surface area contributed by atoms with Crippen molar-refractivity contribution in [3.05, 3.63) is 48.2 Å². The number of carbonyl (C=O) groups excluding carboxylic acids is 1. The minimum Gasteiger partial charge on any atom is -0.459 e. The highest BCUT2D eigenvalue weighted by atomic mass is 32.2. The van der Waals surface area contributed by atoms with E-state index in [-0.39, 0.29) is 11.1 Å². The molecule has 0 aliphatic carbocycles. The second-order valence-corrected chi connectivity index (χ2v) is 5.99. The van der Waals surface area contributed by atoms with Crippen LogP contribution in [0.5, 0.6) is 0 Å². The molecule has 0 aliphatic rings. The number of furan rings is 1. The van der Waals surface area contributed by atoms with Crippen LogP contribution < -0.4 is 5.32 Å². The van der Waals surface area contributed by atoms with Crippen molar-refractivity contribution in [1.82, 2.24) is 10.2 Å². The predicted molar refractivity (Wildman–Crippen MR) is 82.3 cm³/mol. The van der Waals surface area contributed by atoms with Crippen LogP contribution in [-0.2, 0) is 4.79 Å². The fraction of sp³-hybridized carbons (Fsp3) is 0.133. The van der Waals surface area contributed by atoms with Crippen LogP contribution in [0.15, 0.2) is 50.7 Å². The minimum atomic E-state index is -0.849. The van der Waals surface area contributed by atoms with Gasteiger partial charge in [-0.25, -0.2) is 8.78 Å². The summed E-state index contributed by atoms with van der Waals surface area (Å²) in [4.78, 5) is 12.1. The summed E-state index contributed by atoms with van der Waals surface area (Å²) in [5.74, 6) is -1.71. The van der Waals surface area contributed by atoms with Crippen LogP contribution in [0.1, 0.15) is 6.92 Å². The Labute approximate surface area is 139 Å². The molecule has 1 amide bonds. The molecule has 0 bridgehead atoms. The van der Waals surface area contributed by atoms with Gasteiger partial charge in [-0.15, -0.1) is 10.2 Å². The van der Waals surface area contributed by atoms with Crippen molar-refractivity contribution in [2.45, 2.75) is 17.4 Å². The Morgan fingerprint density at radius 3 is 2.62 bits per heavy atom. The molecule has 2 heterocycles. The summed E-state index contributed by atoms with van der Waals surface area (Å²) in [5.41, 5.74) is -0.489. The van der Waals surface area contributed by atoms with Gasteiger partial charge in [0.25, 0.3) is 11.1 Å². The van der Waals surface area contributed by atoms with Crippen LogP contribution in [0.4, 0.5) is 14.5 Å². The standard InChI is InChI=1S/C15H11F2N3O3S/c1-8(13(21)18-12-9(16)4-2-5-10(12)17)24-15-20-19-14(23-15)11-6-3-7-22-11/h2-8H,1H3,(H,18,21)/t8-/m0/s1. The summed E-state index contributed by atoms with van der Waals surface area (Å²) in [6.07, 6.45) is 1.46. The average Bonchev–Trinajstić information content (AvgIpc) is 3.21. The number of carbonyl (C=O) groups is 1. The number of nitrogens with one attached hydrogen (secondary N) is 1. The maximum Gasteiger partial charge on any atom is 0.284 e. The fourth-order valence-electron chi connectivity index (χ4n) is 1.80. The molecule has 1 N–H and O–H groups in total. The summed E-state index contributed by atoms with van der Waals surface area (Å²) in [6, 6.07) is 6.66. The van der Waals surface area contributed by atoms with E-state index in [0.29, 0.717) is 5.76 Å². The molecule has 0 fully saturated rings. The van der Waals surface area contributed by atoms with E-state index in [1.807, 2.05) is 0 Å². The molecule has 0 spiro atoms. The Hall–Kier alpha value is -2.68. The Morgan fingerprint density at radius 2 is 1.96 bits per heavy atom. The van der Waals surface area contributed by atoms with Crippen molar-refractivity contribution >= 4 is 23.4 Å². The van der Waals surface area contributed by atoms with Crippen LogP contribution in [0.25, 0.3) is 11.7 Å². The SMILES string of the molecule is C[C@H](Sc1nnc(-c2ccco2)o1)C(=O)Nc1c(F)cccc1F. The molecule has 1 aromatic carbocycles. The Morgan fingerprint density at radius 1 is 1.21 bits per heavy atom. The second-order valence-electron chi connectivity index (χ2n) is 4.70. The first kappa shape index (κ1) is 16.2. The monoisotopic (exact) mass is 351 g/mol. The fourth-order valence-corrected chi connectivity index (χ4v) is 2.49. The predicted octanol–water partition coefficient (Wildman–Crippen LogP) is 3.73. The van der Waals surface area contributed by atoms with Crippen LogP contribution in [0, 0.1) is 11.6 Å². The van der Waals surface area contributed by atoms with E-state index in [1.165, 1.54) is 12.3 Å². The van der Waals surface area contributed by atoms with Gasteiger partial charge in [0.1, 0.15) is 17.3 Å². The second kappa shape index (κ2) is 6.83. The largest absolute Gasteiger partial charge is 0.459 e. The van der Waals surface area contributed by atoms with E-state index in [1.54, 1.807) is 19.1 Å². The first-order valence-electron chi connectivity index (χ1n) is 6.83. The lowest BCUT2D eigenvalue weighted by Gasteiger charge is -2.11. The van der Waals surface area contributed by atoms with E-state index in [4.69, 9.17) is 8.83 Å². The number of para-hydroxylation sites is 1. The number of rotatable bonds is 5. The van der Waals surface area contributed by atoms with E-state index >= 15 is 0 Å². The summed E-state index contributed by atoms with van der Waals surface area (Å²) >= 11 is 0.962. The lowest BCUT2D eigenvalue weighted by Crippen LogP contribution is -2.23. The highest BCUT2D eigenvalue weighted by molar-refractivity contribution is 8.00. The van der Waals surface area contributed by atoms with Crippen molar-refractivity contribution in [1.29, 1.82) is 0 Å². The van der Waals surface area contributed by atoms with Crippen molar-refractivity contribution in [3.63, 3.8) is 0 Å². The molecule has 24 heavy (non-hydrogen) atoms. The summed E-state index contributed by atoms with van der Waals surface area (Å²) in [7, 11) is 0. The number of halogens is 2. The number of thioether (sulfide) groups is 1. The van der Waals surface area contributed by atoms with Crippen molar-refractivity contribution < 1.29 is 22.4 Å². The van der Waals surface area contributed by atoms with Gasteiger partial charge in [0.2, 0.25) is 5.91 Å². The third-order valence-corrected chi connectivity index (χ3v) is 3.93. The lowest BCUT2D eigenvalue weighted by molar-refractivity contribution is -0.115. The van der Waals surface area contributed by atoms with Gasteiger partial charge in [-0.2, -0.15) is 0 Å². The van der Waals surface area contributed by atoms with Gasteiger partial charge in [0, 0.05) is 0 Å². The van der Waals surface area contributed by atoms with E-state index in [9.17, 15) is 13.6 Å². The molecule has 2 aromatic heterocycles. The van der Waals surface area contributed by atoms with Gasteiger partial charge < -0.3 is 14.2 Å². The quantitative estimate of drug-likeness (QED) is 0.706. The van der Waals surface area contributed by atoms with Gasteiger partial charge >= 0.3 is 0 Å². The van der Waals surface area contributed by atoms with E-state index < -0.39 is 28.5 Å². The molecule has 1 atom stereocenters. The molecule has 0 radical (unpaired) electrons. The van der Waals surface area contributed by atoms with Crippen LogP contribution in [0.2, 0.25) is 0 Å². The van der Waals surface area contributed by atoms with Crippen LogP contribution >= 0.6 is 11.8 Å². The van der Waals surface area contributed by atoms with Gasteiger partial charge in [-0.1, -0.05) is 17.8 Å². The highest BCUT2D eigenvalue weighted by Gasteiger charge is 2.21. The zero-order valence-electron chi connectivity index (χ0n) is 12.3. The average molecular weight is 351 g/mol. The number of aromatic nitrogens is 2. The summed E-state index contributed by atoms with van der Waals surface area (Å²) in [5, 5.41) is 9.23. The Balaban J connectivity index is 1.66. The normalized spacial score (nSPS) is 12.1. The third kappa shape index (κ3) is 3.46. The molecule has 0 saturated heterocycles. The minimum absolute atomic E-state index is 0.137. The van der Waals surface area contributed by atoms with Gasteiger partial charge in [0.05, 0.1) is 11.5 Å². The third-order valence-electron chi connectivity index (χ3n) is 3.00. The first-order valence-corrected chi connectivity index (χ1v) is 7.71. The molecule has 9 heteroatoms. The van der Waals surface area contributed by atoms with Crippen LogP contribution in [-0.4, -0.2) is 21.4 Å². The number of nitrogens with zero attached hydrogens (tertiary/aromatic N) is 2. The molecule has 124 valence electrons. The molecule has 0 unspecified atom stereocenters. The maximum atomic E-state index is 13.5. The topological polar surface area (TPSA) is 81.2 Å². The van der Waals surface area contributed by atoms with Gasteiger partial charge in [-0.05, 0) is 31.2 Å². The Kier molecular flexibility index (Phi) is 4.61. The van der Waals surface area contributed by atoms with Crippen molar-refractivity contribution in [2.75, 3.05) is 5.32 Å². The number of hydrogen-bond donors (Lipinski definition) is 1. The molecule has 0 aliphatic heterocycles. The Bertz CT molecular complexity index is 831. The molecule has 6 nitrogen and oxygen atoms in total. The summed E-state index contributed by atoms with van der Waals surface area (Å²) < 4.78 is 37.6. The number of amides is 1. The van der Waals surface area contributed by atoms with Gasteiger partial charge in [0.15, 0.2) is 5.76 Å². The maximum absolute atomic E-state index is 13.5. The highest BCUT2D eigenvalue weighted by Crippen LogP contribution is 2.27. The first-order chi connectivity index (χ1) is 11.5. The van der Waals surface area contributed by atoms with Gasteiger partial charge in [-0.3, -0.25) is 4.79 Å². The van der Waals surface area contributed by atoms with Crippen molar-refractivity contribution in [2.24, 2.45) is 0 Å². The molecular formula is C15H11F2N3O3S. The summed E-state index contributed by atoms with van der Waals surface area (Å²) in [6.45, 7) is 1.55. The number of benzene rings is 1. The molecule has 0 saturated carbocycles. The number of hydrogen-bond acceptors (Lipinski definition) is 6. The number of anilines is 1. The molecule has 3 rings (SSSR count). The van der Waals surface area contributed by atoms with E-state index in [2.05, 4.69) is 15.5 Å².